The molecule has 0 fully saturated rings. The predicted molar refractivity (Wildman–Crippen MR) is 88.4 cm³/mol. The van der Waals surface area contributed by atoms with E-state index in [1.54, 1.807) is 6.07 Å². The van der Waals surface area contributed by atoms with Crippen molar-refractivity contribution in [2.24, 2.45) is 0 Å². The number of halogens is 2. The molecule has 20 heavy (non-hydrogen) atoms. The molecule has 0 aliphatic carbocycles. The van der Waals surface area contributed by atoms with Crippen molar-refractivity contribution >= 4 is 15.9 Å². The first-order valence-corrected chi connectivity index (χ1v) is 8.28. The van der Waals surface area contributed by atoms with Gasteiger partial charge in [0.1, 0.15) is 5.82 Å². The minimum absolute atomic E-state index is 0.108. The monoisotopic (exact) mass is 341 g/mol. The van der Waals surface area contributed by atoms with Crippen molar-refractivity contribution in [3.8, 4) is 0 Å². The highest BCUT2D eigenvalue weighted by Gasteiger charge is 2.16. The van der Waals surface area contributed by atoms with E-state index in [2.05, 4.69) is 34.7 Å². The van der Waals surface area contributed by atoms with Crippen molar-refractivity contribution in [2.75, 3.05) is 6.54 Å². The standard InChI is InChI=1S/C17H25BrFN/c1-3-5-6-7-8-12-16(20-13-4-2)14-10-9-11-15(18)17(14)19/h3,9-11,16,20H,1,4-8,12-13H2,2H3. The summed E-state index contributed by atoms with van der Waals surface area (Å²) in [6, 6.07) is 5.65. The second-order valence-corrected chi connectivity index (χ2v) is 5.93. The largest absolute Gasteiger partial charge is 0.310 e. The Hall–Kier alpha value is -0.670. The molecular weight excluding hydrogens is 317 g/mol. The third-order valence-electron chi connectivity index (χ3n) is 3.40. The first kappa shape index (κ1) is 17.4. The smallest absolute Gasteiger partial charge is 0.142 e. The highest BCUT2D eigenvalue weighted by atomic mass is 79.9. The van der Waals surface area contributed by atoms with E-state index >= 15 is 0 Å². The maximum atomic E-state index is 14.2. The Bertz CT molecular complexity index is 406. The third-order valence-corrected chi connectivity index (χ3v) is 4.01. The van der Waals surface area contributed by atoms with Crippen LogP contribution in [0.5, 0.6) is 0 Å². The van der Waals surface area contributed by atoms with Crippen LogP contribution in [-0.2, 0) is 0 Å². The molecule has 0 amide bonds. The molecule has 1 rings (SSSR count). The zero-order chi connectivity index (χ0) is 14.8. The van der Waals surface area contributed by atoms with E-state index in [4.69, 9.17) is 0 Å². The van der Waals surface area contributed by atoms with E-state index in [0.717, 1.165) is 37.8 Å². The maximum absolute atomic E-state index is 14.2. The Labute approximate surface area is 130 Å². The third kappa shape index (κ3) is 5.76. The highest BCUT2D eigenvalue weighted by molar-refractivity contribution is 9.10. The van der Waals surface area contributed by atoms with Gasteiger partial charge in [-0.3, -0.25) is 0 Å². The van der Waals surface area contributed by atoms with Crippen molar-refractivity contribution in [3.63, 3.8) is 0 Å². The van der Waals surface area contributed by atoms with Gasteiger partial charge in [-0.05, 0) is 54.2 Å². The molecule has 0 heterocycles. The molecule has 0 aliphatic rings. The first-order chi connectivity index (χ1) is 9.70. The predicted octanol–water partition coefficient (Wildman–Crippen LogP) is 5.77. The summed E-state index contributed by atoms with van der Waals surface area (Å²) in [5.74, 6) is -0.132. The van der Waals surface area contributed by atoms with Crippen LogP contribution < -0.4 is 5.32 Å². The number of rotatable bonds is 10. The molecule has 1 aromatic rings. The second kappa shape index (κ2) is 10.1. The van der Waals surface area contributed by atoms with Gasteiger partial charge in [0.25, 0.3) is 0 Å². The lowest BCUT2D eigenvalue weighted by atomic mass is 9.99. The highest BCUT2D eigenvalue weighted by Crippen LogP contribution is 2.27. The fraction of sp³-hybridized carbons (Fsp3) is 0.529. The average molecular weight is 342 g/mol. The van der Waals surface area contributed by atoms with Gasteiger partial charge in [0.2, 0.25) is 0 Å². The molecule has 0 saturated heterocycles. The zero-order valence-electron chi connectivity index (χ0n) is 12.3. The topological polar surface area (TPSA) is 12.0 Å². The summed E-state index contributed by atoms with van der Waals surface area (Å²) >= 11 is 3.27. The van der Waals surface area contributed by atoms with Crippen LogP contribution in [0.1, 0.15) is 57.1 Å². The van der Waals surface area contributed by atoms with E-state index in [9.17, 15) is 4.39 Å². The molecule has 1 unspecified atom stereocenters. The fourth-order valence-corrected chi connectivity index (χ4v) is 2.67. The van der Waals surface area contributed by atoms with Gasteiger partial charge in [-0.2, -0.15) is 0 Å². The van der Waals surface area contributed by atoms with Gasteiger partial charge in [-0.25, -0.2) is 4.39 Å². The van der Waals surface area contributed by atoms with Gasteiger partial charge in [0.05, 0.1) is 4.47 Å². The Morgan fingerprint density at radius 1 is 1.35 bits per heavy atom. The number of hydrogen-bond acceptors (Lipinski definition) is 1. The number of benzene rings is 1. The molecule has 0 spiro atoms. The minimum Gasteiger partial charge on any atom is -0.310 e. The Morgan fingerprint density at radius 2 is 2.15 bits per heavy atom. The lowest BCUT2D eigenvalue weighted by Crippen LogP contribution is -2.23. The molecule has 3 heteroatoms. The van der Waals surface area contributed by atoms with Crippen molar-refractivity contribution < 1.29 is 4.39 Å². The summed E-state index contributed by atoms with van der Waals surface area (Å²) in [6.07, 6.45) is 8.52. The molecule has 1 nitrogen and oxygen atoms in total. The van der Waals surface area contributed by atoms with Gasteiger partial charge in [0, 0.05) is 11.6 Å². The van der Waals surface area contributed by atoms with E-state index in [1.165, 1.54) is 12.8 Å². The van der Waals surface area contributed by atoms with Crippen molar-refractivity contribution in [1.82, 2.24) is 5.32 Å². The van der Waals surface area contributed by atoms with Gasteiger partial charge in [-0.15, -0.1) is 6.58 Å². The number of nitrogens with one attached hydrogen (secondary N) is 1. The quantitative estimate of drug-likeness (QED) is 0.421. The maximum Gasteiger partial charge on any atom is 0.142 e. The average Bonchev–Trinajstić information content (AvgIpc) is 2.45. The molecule has 0 aromatic heterocycles. The van der Waals surface area contributed by atoms with Crippen LogP contribution in [-0.4, -0.2) is 6.54 Å². The molecule has 0 aliphatic heterocycles. The summed E-state index contributed by atoms with van der Waals surface area (Å²) < 4.78 is 14.8. The second-order valence-electron chi connectivity index (χ2n) is 5.08. The first-order valence-electron chi connectivity index (χ1n) is 7.48. The van der Waals surface area contributed by atoms with Crippen LogP contribution in [0.4, 0.5) is 4.39 Å². The van der Waals surface area contributed by atoms with Crippen molar-refractivity contribution in [2.45, 2.75) is 51.5 Å². The fourth-order valence-electron chi connectivity index (χ4n) is 2.29. The van der Waals surface area contributed by atoms with E-state index in [1.807, 2.05) is 18.2 Å². The lowest BCUT2D eigenvalue weighted by Gasteiger charge is -2.20. The molecule has 0 radical (unpaired) electrons. The normalized spacial score (nSPS) is 12.3. The van der Waals surface area contributed by atoms with Gasteiger partial charge >= 0.3 is 0 Å². The Kier molecular flexibility index (Phi) is 8.79. The Morgan fingerprint density at radius 3 is 2.85 bits per heavy atom. The molecule has 1 atom stereocenters. The number of allylic oxidation sites excluding steroid dienone is 1. The summed E-state index contributed by atoms with van der Waals surface area (Å²) in [4.78, 5) is 0. The summed E-state index contributed by atoms with van der Waals surface area (Å²) in [7, 11) is 0. The van der Waals surface area contributed by atoms with Crippen LogP contribution >= 0.6 is 15.9 Å². The van der Waals surface area contributed by atoms with Crippen molar-refractivity contribution in [3.05, 3.63) is 46.7 Å². The summed E-state index contributed by atoms with van der Waals surface area (Å²) in [5, 5.41) is 3.46. The van der Waals surface area contributed by atoms with Crippen LogP contribution in [0, 0.1) is 5.82 Å². The number of unbranched alkanes of at least 4 members (excludes halogenated alkanes) is 3. The molecule has 112 valence electrons. The molecular formula is C17H25BrFN. The van der Waals surface area contributed by atoms with Crippen LogP contribution in [0.15, 0.2) is 35.3 Å². The van der Waals surface area contributed by atoms with Crippen LogP contribution in [0.2, 0.25) is 0 Å². The van der Waals surface area contributed by atoms with E-state index < -0.39 is 0 Å². The molecule has 1 aromatic carbocycles. The lowest BCUT2D eigenvalue weighted by molar-refractivity contribution is 0.451. The zero-order valence-corrected chi connectivity index (χ0v) is 13.9. The minimum atomic E-state index is -0.132. The molecule has 1 N–H and O–H groups in total. The summed E-state index contributed by atoms with van der Waals surface area (Å²) in [6.45, 7) is 6.79. The molecule has 0 saturated carbocycles. The number of hydrogen-bond donors (Lipinski definition) is 1. The van der Waals surface area contributed by atoms with Gasteiger partial charge < -0.3 is 5.32 Å². The van der Waals surface area contributed by atoms with E-state index in [0.29, 0.717) is 4.47 Å². The van der Waals surface area contributed by atoms with Gasteiger partial charge in [0.15, 0.2) is 0 Å². The summed E-state index contributed by atoms with van der Waals surface area (Å²) in [5.41, 5.74) is 0.775. The molecule has 0 bridgehead atoms. The SMILES string of the molecule is C=CCCCCCC(NCCC)c1cccc(Br)c1F. The van der Waals surface area contributed by atoms with Crippen molar-refractivity contribution in [1.29, 1.82) is 0 Å². The van der Waals surface area contributed by atoms with Crippen LogP contribution in [0.25, 0.3) is 0 Å². The van der Waals surface area contributed by atoms with E-state index in [-0.39, 0.29) is 11.9 Å². The van der Waals surface area contributed by atoms with Crippen LogP contribution in [0.3, 0.4) is 0 Å². The Balaban J connectivity index is 2.63. The van der Waals surface area contributed by atoms with Gasteiger partial charge in [-0.1, -0.05) is 38.0 Å².